The maximum absolute atomic E-state index is 13.6. The highest BCUT2D eigenvalue weighted by atomic mass is 35.5. The van der Waals surface area contributed by atoms with Gasteiger partial charge in [0.15, 0.2) is 0 Å². The smallest absolute Gasteiger partial charge is 0.252 e. The standard InChI is InChI=1S/C21H27ClFN3O3S/c1-14(2)26(5)30(28,29)17-9-10-19(22)18(12-17)21(27)24-13-20(25(3)4)15-7-6-8-16(23)11-15/h6-12,14,20H,13H2,1-5H3,(H,24,27). The molecule has 2 rings (SSSR count). The third-order valence-corrected chi connectivity index (χ3v) is 7.26. The first kappa shape index (κ1) is 24.3. The Morgan fingerprint density at radius 1 is 1.13 bits per heavy atom. The lowest BCUT2D eigenvalue weighted by Gasteiger charge is -2.25. The van der Waals surface area contributed by atoms with Gasteiger partial charge in [-0.3, -0.25) is 4.79 Å². The highest BCUT2D eigenvalue weighted by Crippen LogP contribution is 2.24. The van der Waals surface area contributed by atoms with Crippen LogP contribution in [0.2, 0.25) is 5.02 Å². The largest absolute Gasteiger partial charge is 0.350 e. The Morgan fingerprint density at radius 2 is 1.80 bits per heavy atom. The summed E-state index contributed by atoms with van der Waals surface area (Å²) in [5, 5.41) is 2.92. The molecule has 0 aliphatic rings. The Balaban J connectivity index is 2.26. The van der Waals surface area contributed by atoms with Crippen LogP contribution in [0.4, 0.5) is 4.39 Å². The number of hydrogen-bond acceptors (Lipinski definition) is 4. The number of rotatable bonds is 8. The number of carbonyl (C=O) groups excluding carboxylic acids is 1. The van der Waals surface area contributed by atoms with E-state index < -0.39 is 15.9 Å². The second-order valence-corrected chi connectivity index (χ2v) is 9.91. The van der Waals surface area contributed by atoms with Crippen molar-refractivity contribution in [1.82, 2.24) is 14.5 Å². The normalized spacial score (nSPS) is 13.1. The van der Waals surface area contributed by atoms with Crippen LogP contribution in [0.1, 0.15) is 35.8 Å². The van der Waals surface area contributed by atoms with Crippen LogP contribution < -0.4 is 5.32 Å². The van der Waals surface area contributed by atoms with Gasteiger partial charge in [-0.15, -0.1) is 0 Å². The fourth-order valence-electron chi connectivity index (χ4n) is 2.88. The zero-order valence-electron chi connectivity index (χ0n) is 17.7. The minimum atomic E-state index is -3.76. The van der Waals surface area contributed by atoms with Crippen molar-refractivity contribution in [3.8, 4) is 0 Å². The summed E-state index contributed by atoms with van der Waals surface area (Å²) in [7, 11) is 1.37. The van der Waals surface area contributed by atoms with Gasteiger partial charge in [0, 0.05) is 19.6 Å². The summed E-state index contributed by atoms with van der Waals surface area (Å²) < 4.78 is 40.3. The quantitative estimate of drug-likeness (QED) is 0.661. The topological polar surface area (TPSA) is 69.7 Å². The van der Waals surface area contributed by atoms with Gasteiger partial charge in [-0.2, -0.15) is 4.31 Å². The summed E-state index contributed by atoms with van der Waals surface area (Å²) in [6.07, 6.45) is 0. The lowest BCUT2D eigenvalue weighted by atomic mass is 10.1. The second-order valence-electron chi connectivity index (χ2n) is 7.50. The summed E-state index contributed by atoms with van der Waals surface area (Å²) in [5.74, 6) is -0.867. The third-order valence-electron chi connectivity index (χ3n) is 4.90. The monoisotopic (exact) mass is 455 g/mol. The molecule has 0 saturated carbocycles. The predicted octanol–water partition coefficient (Wildman–Crippen LogP) is 3.54. The van der Waals surface area contributed by atoms with Crippen LogP contribution in [0, 0.1) is 5.82 Å². The molecular formula is C21H27ClFN3O3S. The molecule has 9 heteroatoms. The van der Waals surface area contributed by atoms with Crippen LogP contribution in [-0.4, -0.2) is 57.3 Å². The summed E-state index contributed by atoms with van der Waals surface area (Å²) in [5.41, 5.74) is 0.771. The van der Waals surface area contributed by atoms with E-state index in [1.807, 2.05) is 19.0 Å². The third kappa shape index (κ3) is 5.57. The molecule has 0 heterocycles. The zero-order chi connectivity index (χ0) is 22.6. The van der Waals surface area contributed by atoms with Crippen molar-refractivity contribution in [3.63, 3.8) is 0 Å². The molecule has 2 aromatic rings. The SMILES string of the molecule is CC(C)N(C)S(=O)(=O)c1ccc(Cl)c(C(=O)NCC(c2cccc(F)c2)N(C)C)c1. The predicted molar refractivity (Wildman–Crippen MR) is 117 cm³/mol. The summed E-state index contributed by atoms with van der Waals surface area (Å²) in [6, 6.07) is 9.70. The van der Waals surface area contributed by atoms with Crippen molar-refractivity contribution in [3.05, 3.63) is 64.4 Å². The Kier molecular flexibility index (Phi) is 7.99. The van der Waals surface area contributed by atoms with E-state index in [0.717, 1.165) is 0 Å². The minimum Gasteiger partial charge on any atom is -0.350 e. The van der Waals surface area contributed by atoms with E-state index in [1.165, 1.54) is 41.7 Å². The van der Waals surface area contributed by atoms with Crippen LogP contribution in [0.25, 0.3) is 0 Å². The molecule has 6 nitrogen and oxygen atoms in total. The van der Waals surface area contributed by atoms with Gasteiger partial charge in [0.25, 0.3) is 5.91 Å². The summed E-state index contributed by atoms with van der Waals surface area (Å²) in [6.45, 7) is 3.71. The zero-order valence-corrected chi connectivity index (χ0v) is 19.3. The van der Waals surface area contributed by atoms with Crippen molar-refractivity contribution >= 4 is 27.5 Å². The summed E-state index contributed by atoms with van der Waals surface area (Å²) in [4.78, 5) is 14.6. The molecular weight excluding hydrogens is 429 g/mol. The molecule has 0 bridgehead atoms. The number of nitrogens with one attached hydrogen (secondary N) is 1. The lowest BCUT2D eigenvalue weighted by Crippen LogP contribution is -2.35. The molecule has 1 amide bonds. The molecule has 0 spiro atoms. The van der Waals surface area contributed by atoms with Crippen LogP contribution in [0.5, 0.6) is 0 Å². The van der Waals surface area contributed by atoms with Gasteiger partial charge < -0.3 is 10.2 Å². The van der Waals surface area contributed by atoms with Gasteiger partial charge in [0.05, 0.1) is 21.5 Å². The molecule has 1 N–H and O–H groups in total. The highest BCUT2D eigenvalue weighted by molar-refractivity contribution is 7.89. The fourth-order valence-corrected chi connectivity index (χ4v) is 4.48. The second kappa shape index (κ2) is 9.87. The number of benzene rings is 2. The van der Waals surface area contributed by atoms with Crippen LogP contribution in [0.3, 0.4) is 0 Å². The highest BCUT2D eigenvalue weighted by Gasteiger charge is 2.25. The van der Waals surface area contributed by atoms with Crippen molar-refractivity contribution in [1.29, 1.82) is 0 Å². The Morgan fingerprint density at radius 3 is 2.37 bits per heavy atom. The van der Waals surface area contributed by atoms with Gasteiger partial charge in [0.2, 0.25) is 10.0 Å². The van der Waals surface area contributed by atoms with Crippen molar-refractivity contribution in [2.45, 2.75) is 30.8 Å². The maximum Gasteiger partial charge on any atom is 0.252 e. The van der Waals surface area contributed by atoms with Gasteiger partial charge in [0.1, 0.15) is 5.82 Å². The van der Waals surface area contributed by atoms with E-state index in [0.29, 0.717) is 5.56 Å². The molecule has 1 atom stereocenters. The number of nitrogens with zero attached hydrogens (tertiary/aromatic N) is 2. The van der Waals surface area contributed by atoms with Crippen molar-refractivity contribution in [2.75, 3.05) is 27.7 Å². The van der Waals surface area contributed by atoms with Gasteiger partial charge in [-0.1, -0.05) is 23.7 Å². The van der Waals surface area contributed by atoms with Crippen LogP contribution in [0.15, 0.2) is 47.4 Å². The Bertz CT molecular complexity index is 1010. The van der Waals surface area contributed by atoms with Crippen LogP contribution in [-0.2, 0) is 10.0 Å². The van der Waals surface area contributed by atoms with Crippen molar-refractivity contribution < 1.29 is 17.6 Å². The molecule has 0 fully saturated rings. The average molecular weight is 456 g/mol. The summed E-state index contributed by atoms with van der Waals surface area (Å²) >= 11 is 6.17. The fraction of sp³-hybridized carbons (Fsp3) is 0.381. The van der Waals surface area contributed by atoms with E-state index in [1.54, 1.807) is 26.0 Å². The molecule has 0 saturated heterocycles. The molecule has 0 aliphatic carbocycles. The number of amides is 1. The first-order valence-electron chi connectivity index (χ1n) is 9.42. The lowest BCUT2D eigenvalue weighted by molar-refractivity contribution is 0.0942. The molecule has 1 unspecified atom stereocenters. The molecule has 0 aromatic heterocycles. The van der Waals surface area contributed by atoms with Gasteiger partial charge in [-0.05, 0) is 63.8 Å². The Hall–Kier alpha value is -2.00. The Labute approximate surface area is 182 Å². The van der Waals surface area contributed by atoms with Crippen LogP contribution >= 0.6 is 11.6 Å². The number of likely N-dealkylation sites (N-methyl/N-ethyl adjacent to an activating group) is 1. The molecule has 30 heavy (non-hydrogen) atoms. The van der Waals surface area contributed by atoms with E-state index in [2.05, 4.69) is 5.32 Å². The maximum atomic E-state index is 13.6. The number of halogens is 2. The first-order chi connectivity index (χ1) is 13.9. The van der Waals surface area contributed by atoms with E-state index in [9.17, 15) is 17.6 Å². The minimum absolute atomic E-state index is 0.0115. The number of hydrogen-bond donors (Lipinski definition) is 1. The van der Waals surface area contributed by atoms with Crippen molar-refractivity contribution in [2.24, 2.45) is 0 Å². The van der Waals surface area contributed by atoms with E-state index >= 15 is 0 Å². The van der Waals surface area contributed by atoms with E-state index in [-0.39, 0.29) is 39.9 Å². The van der Waals surface area contributed by atoms with E-state index in [4.69, 9.17) is 11.6 Å². The molecule has 0 radical (unpaired) electrons. The van der Waals surface area contributed by atoms with Gasteiger partial charge >= 0.3 is 0 Å². The number of sulfonamides is 1. The average Bonchev–Trinajstić information content (AvgIpc) is 2.67. The number of carbonyl (C=O) groups is 1. The first-order valence-corrected chi connectivity index (χ1v) is 11.2. The molecule has 164 valence electrons. The molecule has 2 aromatic carbocycles. The molecule has 0 aliphatic heterocycles. The van der Waals surface area contributed by atoms with Gasteiger partial charge in [-0.25, -0.2) is 12.8 Å².